The summed E-state index contributed by atoms with van der Waals surface area (Å²) >= 11 is 1.57. The van der Waals surface area contributed by atoms with E-state index in [0.29, 0.717) is 11.5 Å². The number of hydrogen-bond donors (Lipinski definition) is 0. The van der Waals surface area contributed by atoms with E-state index in [2.05, 4.69) is 44.4 Å². The summed E-state index contributed by atoms with van der Waals surface area (Å²) in [7, 11) is 1.76. The van der Waals surface area contributed by atoms with Gasteiger partial charge in [-0.3, -0.25) is 0 Å². The van der Waals surface area contributed by atoms with Gasteiger partial charge in [-0.15, -0.1) is 16.4 Å². The molecule has 0 fully saturated rings. The number of tetrazole rings is 1. The number of unbranched alkanes of at least 4 members (excludes halogenated alkanes) is 1. The summed E-state index contributed by atoms with van der Waals surface area (Å²) in [5.41, 5.74) is 2.28. The molecular weight excluding hydrogens is 360 g/mol. The SMILES string of the molecule is CCCC#Cc1nc(CON=C(c2ccccc2)c2nnnn2C)c(C)s1. The molecule has 0 radical (unpaired) electrons. The molecule has 8 heteroatoms. The Kier molecular flexibility index (Phi) is 6.28. The smallest absolute Gasteiger partial charge is 0.204 e. The van der Waals surface area contributed by atoms with Crippen molar-refractivity contribution in [3.63, 3.8) is 0 Å². The van der Waals surface area contributed by atoms with E-state index < -0.39 is 0 Å². The minimum atomic E-state index is 0.263. The summed E-state index contributed by atoms with van der Waals surface area (Å²) in [5, 5.41) is 16.7. The molecule has 2 heterocycles. The Hall–Kier alpha value is -3.05. The first-order valence-electron chi connectivity index (χ1n) is 8.62. The number of oxime groups is 1. The molecule has 0 N–H and O–H groups in total. The topological polar surface area (TPSA) is 78.1 Å². The van der Waals surface area contributed by atoms with Crippen molar-refractivity contribution in [1.82, 2.24) is 25.2 Å². The number of thiazole rings is 1. The van der Waals surface area contributed by atoms with Gasteiger partial charge in [-0.25, -0.2) is 9.67 Å². The van der Waals surface area contributed by atoms with E-state index in [1.807, 2.05) is 37.3 Å². The molecule has 0 saturated heterocycles. The average molecular weight is 380 g/mol. The van der Waals surface area contributed by atoms with E-state index in [4.69, 9.17) is 4.84 Å². The van der Waals surface area contributed by atoms with Gasteiger partial charge in [0.15, 0.2) is 17.3 Å². The Labute approximate surface area is 162 Å². The van der Waals surface area contributed by atoms with Crippen LogP contribution in [0.15, 0.2) is 35.5 Å². The Bertz CT molecular complexity index is 981. The molecule has 2 aromatic heterocycles. The fourth-order valence-electron chi connectivity index (χ4n) is 2.29. The summed E-state index contributed by atoms with van der Waals surface area (Å²) in [4.78, 5) is 11.2. The monoisotopic (exact) mass is 380 g/mol. The van der Waals surface area contributed by atoms with Crippen LogP contribution in [-0.2, 0) is 18.5 Å². The van der Waals surface area contributed by atoms with Gasteiger partial charge in [-0.1, -0.05) is 48.3 Å². The maximum Gasteiger partial charge on any atom is 0.204 e. The van der Waals surface area contributed by atoms with Crippen LogP contribution in [0.5, 0.6) is 0 Å². The number of aryl methyl sites for hydroxylation is 2. The zero-order chi connectivity index (χ0) is 19.1. The highest BCUT2D eigenvalue weighted by Crippen LogP contribution is 2.18. The quantitative estimate of drug-likeness (QED) is 0.373. The van der Waals surface area contributed by atoms with Gasteiger partial charge in [0.25, 0.3) is 0 Å². The van der Waals surface area contributed by atoms with Crippen LogP contribution < -0.4 is 0 Å². The Morgan fingerprint density at radius 2 is 2.11 bits per heavy atom. The van der Waals surface area contributed by atoms with Crippen LogP contribution in [0.25, 0.3) is 0 Å². The summed E-state index contributed by atoms with van der Waals surface area (Å²) < 4.78 is 1.56. The number of hydrogen-bond acceptors (Lipinski definition) is 7. The molecule has 0 amide bonds. The molecule has 0 spiro atoms. The van der Waals surface area contributed by atoms with E-state index in [-0.39, 0.29) is 6.61 Å². The highest BCUT2D eigenvalue weighted by Gasteiger charge is 2.15. The van der Waals surface area contributed by atoms with Crippen molar-refractivity contribution in [3.05, 3.63) is 57.3 Å². The largest absolute Gasteiger partial charge is 0.389 e. The lowest BCUT2D eigenvalue weighted by atomic mass is 10.1. The third-order valence-corrected chi connectivity index (χ3v) is 4.63. The van der Waals surface area contributed by atoms with Crippen molar-refractivity contribution >= 4 is 17.0 Å². The number of aromatic nitrogens is 5. The lowest BCUT2D eigenvalue weighted by Gasteiger charge is -2.05. The van der Waals surface area contributed by atoms with Crippen LogP contribution in [0.2, 0.25) is 0 Å². The predicted octanol–water partition coefficient (Wildman–Crippen LogP) is 3.10. The second-order valence-corrected chi connectivity index (χ2v) is 6.98. The second kappa shape index (κ2) is 9.05. The van der Waals surface area contributed by atoms with Gasteiger partial charge >= 0.3 is 0 Å². The molecule has 1 aromatic carbocycles. The van der Waals surface area contributed by atoms with Crippen molar-refractivity contribution in [2.75, 3.05) is 0 Å². The molecule has 138 valence electrons. The lowest BCUT2D eigenvalue weighted by molar-refractivity contribution is 0.128. The van der Waals surface area contributed by atoms with Crippen molar-refractivity contribution in [1.29, 1.82) is 0 Å². The Morgan fingerprint density at radius 1 is 1.30 bits per heavy atom. The molecule has 0 aliphatic heterocycles. The first-order chi connectivity index (χ1) is 13.2. The number of nitrogens with zero attached hydrogens (tertiary/aromatic N) is 6. The average Bonchev–Trinajstić information content (AvgIpc) is 3.25. The minimum absolute atomic E-state index is 0.263. The maximum atomic E-state index is 5.61. The molecule has 0 saturated carbocycles. The van der Waals surface area contributed by atoms with Gasteiger partial charge in [0.2, 0.25) is 5.82 Å². The normalized spacial score (nSPS) is 11.1. The van der Waals surface area contributed by atoms with Gasteiger partial charge in [-0.2, -0.15) is 0 Å². The Balaban J connectivity index is 1.78. The number of benzene rings is 1. The van der Waals surface area contributed by atoms with E-state index in [0.717, 1.165) is 34.0 Å². The first-order valence-corrected chi connectivity index (χ1v) is 9.44. The van der Waals surface area contributed by atoms with E-state index >= 15 is 0 Å². The predicted molar refractivity (Wildman–Crippen MR) is 104 cm³/mol. The summed E-state index contributed by atoms with van der Waals surface area (Å²) in [5.74, 6) is 6.74. The number of rotatable bonds is 6. The van der Waals surface area contributed by atoms with Gasteiger partial charge < -0.3 is 4.84 Å². The minimum Gasteiger partial charge on any atom is -0.389 e. The molecule has 0 unspecified atom stereocenters. The first kappa shape index (κ1) is 18.7. The fraction of sp³-hybridized carbons (Fsp3) is 0.316. The van der Waals surface area contributed by atoms with E-state index in [9.17, 15) is 0 Å². The van der Waals surface area contributed by atoms with Gasteiger partial charge in [-0.05, 0) is 29.7 Å². The molecule has 27 heavy (non-hydrogen) atoms. The highest BCUT2D eigenvalue weighted by molar-refractivity contribution is 7.12. The second-order valence-electron chi connectivity index (χ2n) is 5.78. The van der Waals surface area contributed by atoms with Crippen LogP contribution in [0.3, 0.4) is 0 Å². The summed E-state index contributed by atoms with van der Waals surface area (Å²) in [6, 6.07) is 9.68. The van der Waals surface area contributed by atoms with Crippen LogP contribution in [0, 0.1) is 18.8 Å². The van der Waals surface area contributed by atoms with Crippen molar-refractivity contribution in [2.24, 2.45) is 12.2 Å². The third-order valence-electron chi connectivity index (χ3n) is 3.70. The van der Waals surface area contributed by atoms with Crippen molar-refractivity contribution < 1.29 is 4.84 Å². The van der Waals surface area contributed by atoms with E-state index in [1.165, 1.54) is 0 Å². The van der Waals surface area contributed by atoms with Crippen LogP contribution >= 0.6 is 11.3 Å². The molecule has 7 nitrogen and oxygen atoms in total. The third kappa shape index (κ3) is 4.77. The van der Waals surface area contributed by atoms with Crippen molar-refractivity contribution in [2.45, 2.75) is 33.3 Å². The van der Waals surface area contributed by atoms with Gasteiger partial charge in [0.05, 0.1) is 5.69 Å². The standard InChI is InChI=1S/C19H20N6OS/c1-4-5-7-12-17-20-16(14(2)27-17)13-26-22-18(15-10-8-6-9-11-15)19-21-23-24-25(19)3/h6,8-11H,4-5,13H2,1-3H3. The lowest BCUT2D eigenvalue weighted by Crippen LogP contribution is -2.12. The van der Waals surface area contributed by atoms with Crippen molar-refractivity contribution in [3.8, 4) is 11.8 Å². The van der Waals surface area contributed by atoms with Crippen LogP contribution in [0.4, 0.5) is 0 Å². The molecule has 0 bridgehead atoms. The van der Waals surface area contributed by atoms with Crippen LogP contribution in [-0.4, -0.2) is 30.9 Å². The molecule has 0 aliphatic carbocycles. The van der Waals surface area contributed by atoms with E-state index in [1.54, 1.807) is 23.1 Å². The highest BCUT2D eigenvalue weighted by atomic mass is 32.1. The maximum absolute atomic E-state index is 5.61. The summed E-state index contributed by atoms with van der Waals surface area (Å²) in [6.07, 6.45) is 1.92. The molecule has 0 aliphatic rings. The van der Waals surface area contributed by atoms with Crippen LogP contribution in [0.1, 0.15) is 46.7 Å². The molecular formula is C19H20N6OS. The van der Waals surface area contributed by atoms with Gasteiger partial charge in [0, 0.05) is 23.9 Å². The molecule has 3 aromatic rings. The molecule has 0 atom stereocenters. The fourth-order valence-corrected chi connectivity index (χ4v) is 3.08. The summed E-state index contributed by atoms with van der Waals surface area (Å²) in [6.45, 7) is 4.38. The zero-order valence-corrected chi connectivity index (χ0v) is 16.3. The zero-order valence-electron chi connectivity index (χ0n) is 15.5. The molecule has 3 rings (SSSR count). The van der Waals surface area contributed by atoms with Gasteiger partial charge in [0.1, 0.15) is 0 Å². The Morgan fingerprint density at radius 3 is 2.81 bits per heavy atom.